The van der Waals surface area contributed by atoms with E-state index in [4.69, 9.17) is 33.4 Å². The van der Waals surface area contributed by atoms with E-state index in [-0.39, 0.29) is 23.4 Å². The van der Waals surface area contributed by atoms with Crippen LogP contribution in [0.4, 0.5) is 5.69 Å². The summed E-state index contributed by atoms with van der Waals surface area (Å²) in [6.07, 6.45) is 5.39. The molecule has 1 aromatic rings. The Labute approximate surface area is 193 Å². The molecule has 0 radical (unpaired) electrons. The molecular formula is C22H30Cl2N2O5. The van der Waals surface area contributed by atoms with Gasteiger partial charge in [-0.3, -0.25) is 4.79 Å². The molecule has 3 atom stereocenters. The highest BCUT2D eigenvalue weighted by Crippen LogP contribution is 2.31. The third kappa shape index (κ3) is 9.72. The van der Waals surface area contributed by atoms with E-state index in [1.54, 1.807) is 0 Å². The Morgan fingerprint density at radius 3 is 2.10 bits per heavy atom. The van der Waals surface area contributed by atoms with Crippen LogP contribution in [-0.4, -0.2) is 70.4 Å². The number of aliphatic carboxylic acids is 2. The first-order valence-electron chi connectivity index (χ1n) is 10.0. The third-order valence-corrected chi connectivity index (χ3v) is 5.52. The summed E-state index contributed by atoms with van der Waals surface area (Å²) in [5.41, 5.74) is 0.951. The number of alkyl halides is 2. The van der Waals surface area contributed by atoms with Crippen LogP contribution in [0.1, 0.15) is 32.1 Å². The minimum absolute atomic E-state index is 0.0936. The van der Waals surface area contributed by atoms with Gasteiger partial charge >= 0.3 is 11.9 Å². The molecule has 1 aliphatic rings. The summed E-state index contributed by atoms with van der Waals surface area (Å²) in [6, 6.07) is 10.3. The summed E-state index contributed by atoms with van der Waals surface area (Å²) in [4.78, 5) is 36.1. The van der Waals surface area contributed by atoms with Crippen LogP contribution < -0.4 is 4.90 Å². The van der Waals surface area contributed by atoms with Gasteiger partial charge in [0, 0.05) is 41.6 Å². The summed E-state index contributed by atoms with van der Waals surface area (Å²) in [5.74, 6) is -2.07. The van der Waals surface area contributed by atoms with Crippen LogP contribution in [0.3, 0.4) is 0 Å². The van der Waals surface area contributed by atoms with Crippen LogP contribution >= 0.6 is 23.2 Å². The summed E-state index contributed by atoms with van der Waals surface area (Å²) >= 11 is 12.3. The lowest BCUT2D eigenvalue weighted by atomic mass is 9.98. The number of likely N-dealkylation sites (N-methyl/N-ethyl adjacent to an activating group) is 1. The molecule has 1 unspecified atom stereocenters. The zero-order valence-electron chi connectivity index (χ0n) is 17.8. The molecule has 0 aromatic heterocycles. The molecule has 2 rings (SSSR count). The quantitative estimate of drug-likeness (QED) is 0.355. The molecule has 172 valence electrons. The topological polar surface area (TPSA) is 98.2 Å². The van der Waals surface area contributed by atoms with Crippen molar-refractivity contribution in [1.29, 1.82) is 0 Å². The van der Waals surface area contributed by atoms with E-state index >= 15 is 0 Å². The maximum absolute atomic E-state index is 12.8. The highest BCUT2D eigenvalue weighted by molar-refractivity contribution is 6.20. The minimum Gasteiger partial charge on any atom is -0.478 e. The number of anilines is 1. The normalized spacial score (nSPS) is 21.1. The molecule has 1 saturated carbocycles. The molecule has 1 aromatic carbocycles. The Morgan fingerprint density at radius 2 is 1.61 bits per heavy atom. The van der Waals surface area contributed by atoms with E-state index in [1.807, 2.05) is 35.2 Å². The van der Waals surface area contributed by atoms with Gasteiger partial charge in [-0.15, -0.1) is 23.2 Å². The van der Waals surface area contributed by atoms with Gasteiger partial charge < -0.3 is 20.0 Å². The standard InChI is InChI=1S/C18H26Cl2N2O.C4H4O4/c1-21(2)17-13-14(20)7-6-10-16(17)22(18(23)11-12-19)15-8-4-3-5-9-15;5-3(6)1-2-4(7)8/h3-5,8-9,14,16-17H,6-7,10-13H2,1-2H3;1-2H,(H,5,6)(H,7,8)/b;2-1-/t14?,16-,17-;/m1./s1. The first-order valence-corrected chi connectivity index (χ1v) is 11.0. The molecule has 0 aliphatic heterocycles. The fourth-order valence-corrected chi connectivity index (χ4v) is 4.09. The SMILES string of the molecule is CN(C)[C@@H]1CC(Cl)CCC[C@H]1N(C(=O)CCCl)c1ccccc1.O=C(O)/C=C\C(=O)O. The van der Waals surface area contributed by atoms with Crippen molar-refractivity contribution in [3.63, 3.8) is 0 Å². The summed E-state index contributed by atoms with van der Waals surface area (Å²) in [6.45, 7) is 0. The number of para-hydroxylation sites is 1. The molecule has 1 fully saturated rings. The molecule has 7 nitrogen and oxygen atoms in total. The smallest absolute Gasteiger partial charge is 0.328 e. The van der Waals surface area contributed by atoms with Crippen molar-refractivity contribution in [2.45, 2.75) is 49.6 Å². The average molecular weight is 473 g/mol. The number of carbonyl (C=O) groups is 3. The summed E-state index contributed by atoms with van der Waals surface area (Å²) in [7, 11) is 4.14. The molecule has 31 heavy (non-hydrogen) atoms. The van der Waals surface area contributed by atoms with E-state index in [9.17, 15) is 14.4 Å². The van der Waals surface area contributed by atoms with E-state index in [1.165, 1.54) is 0 Å². The highest BCUT2D eigenvalue weighted by Gasteiger charge is 2.35. The van der Waals surface area contributed by atoms with Gasteiger partial charge in [-0.2, -0.15) is 0 Å². The maximum atomic E-state index is 12.8. The lowest BCUT2D eigenvalue weighted by Gasteiger charge is -2.39. The molecule has 9 heteroatoms. The largest absolute Gasteiger partial charge is 0.478 e. The zero-order valence-corrected chi connectivity index (χ0v) is 19.3. The van der Waals surface area contributed by atoms with Crippen molar-refractivity contribution >= 4 is 46.7 Å². The van der Waals surface area contributed by atoms with Crippen LogP contribution in [0.15, 0.2) is 42.5 Å². The highest BCUT2D eigenvalue weighted by atomic mass is 35.5. The fourth-order valence-electron chi connectivity index (χ4n) is 3.59. The number of carboxylic acids is 2. The lowest BCUT2D eigenvalue weighted by Crippen LogP contribution is -2.52. The number of carboxylic acid groups (broad SMARTS) is 2. The van der Waals surface area contributed by atoms with Crippen LogP contribution in [0.2, 0.25) is 0 Å². The van der Waals surface area contributed by atoms with Gasteiger partial charge in [0.15, 0.2) is 0 Å². The van der Waals surface area contributed by atoms with Crippen LogP contribution in [0.25, 0.3) is 0 Å². The van der Waals surface area contributed by atoms with Crippen LogP contribution in [0, 0.1) is 0 Å². The Balaban J connectivity index is 0.000000512. The van der Waals surface area contributed by atoms with Crippen LogP contribution in [-0.2, 0) is 14.4 Å². The first-order chi connectivity index (χ1) is 14.7. The van der Waals surface area contributed by atoms with Gasteiger partial charge in [-0.05, 0) is 51.9 Å². The van der Waals surface area contributed by atoms with E-state index in [2.05, 4.69) is 19.0 Å². The Bertz CT molecular complexity index is 727. The van der Waals surface area contributed by atoms with Crippen molar-refractivity contribution in [2.75, 3.05) is 24.9 Å². The third-order valence-electron chi connectivity index (χ3n) is 4.93. The van der Waals surface area contributed by atoms with Gasteiger partial charge in [-0.1, -0.05) is 18.2 Å². The fraction of sp³-hybridized carbons (Fsp3) is 0.500. The molecular weight excluding hydrogens is 443 g/mol. The second-order valence-electron chi connectivity index (χ2n) is 7.41. The van der Waals surface area contributed by atoms with E-state index in [0.29, 0.717) is 24.5 Å². The van der Waals surface area contributed by atoms with Gasteiger partial charge in [0.2, 0.25) is 5.91 Å². The van der Waals surface area contributed by atoms with Crippen molar-refractivity contribution in [3.05, 3.63) is 42.5 Å². The monoisotopic (exact) mass is 472 g/mol. The first kappa shape index (κ1) is 26.9. The second kappa shape index (κ2) is 14.1. The zero-order chi connectivity index (χ0) is 23.4. The van der Waals surface area contributed by atoms with Gasteiger partial charge in [0.1, 0.15) is 0 Å². The Morgan fingerprint density at radius 1 is 1.03 bits per heavy atom. The van der Waals surface area contributed by atoms with E-state index < -0.39 is 11.9 Å². The van der Waals surface area contributed by atoms with Gasteiger partial charge in [0.05, 0.1) is 6.04 Å². The number of carbonyl (C=O) groups excluding carboxylic acids is 1. The molecule has 1 amide bonds. The van der Waals surface area contributed by atoms with Crippen molar-refractivity contribution in [3.8, 4) is 0 Å². The predicted molar refractivity (Wildman–Crippen MR) is 123 cm³/mol. The number of rotatable bonds is 7. The van der Waals surface area contributed by atoms with Gasteiger partial charge in [-0.25, -0.2) is 9.59 Å². The summed E-state index contributed by atoms with van der Waals surface area (Å²) < 4.78 is 0. The number of hydrogen-bond acceptors (Lipinski definition) is 4. The van der Waals surface area contributed by atoms with Crippen molar-refractivity contribution < 1.29 is 24.6 Å². The molecule has 0 bridgehead atoms. The molecule has 1 aliphatic carbocycles. The molecule has 0 saturated heterocycles. The maximum Gasteiger partial charge on any atom is 0.328 e. The molecule has 0 spiro atoms. The number of halogens is 2. The second-order valence-corrected chi connectivity index (χ2v) is 8.41. The average Bonchev–Trinajstić information content (AvgIpc) is 2.90. The number of amides is 1. The predicted octanol–water partition coefficient (Wildman–Crippen LogP) is 3.84. The number of nitrogens with zero attached hydrogens (tertiary/aromatic N) is 2. The minimum atomic E-state index is -1.26. The van der Waals surface area contributed by atoms with Crippen molar-refractivity contribution in [1.82, 2.24) is 4.90 Å². The van der Waals surface area contributed by atoms with Crippen molar-refractivity contribution in [2.24, 2.45) is 0 Å². The Hall–Kier alpha value is -2.09. The van der Waals surface area contributed by atoms with E-state index in [0.717, 1.165) is 31.4 Å². The lowest BCUT2D eigenvalue weighted by molar-refractivity contribution is -0.134. The van der Waals surface area contributed by atoms with Crippen LogP contribution in [0.5, 0.6) is 0 Å². The Kier molecular flexibility index (Phi) is 12.2. The molecule has 0 heterocycles. The van der Waals surface area contributed by atoms with Gasteiger partial charge in [0.25, 0.3) is 0 Å². The molecule has 2 N–H and O–H groups in total. The number of hydrogen-bond donors (Lipinski definition) is 2. The summed E-state index contributed by atoms with van der Waals surface area (Å²) in [5, 5.41) is 15.8. The number of benzene rings is 1.